The molecule has 29 heavy (non-hydrogen) atoms. The van der Waals surface area contributed by atoms with Crippen LogP contribution in [0, 0.1) is 25.5 Å². The lowest BCUT2D eigenvalue weighted by Gasteiger charge is -2.12. The van der Waals surface area contributed by atoms with Crippen LogP contribution >= 0.6 is 24.0 Å². The molecule has 6 nitrogen and oxygen atoms in total. The third-order valence-electron chi connectivity index (χ3n) is 4.10. The SMILES string of the molecule is CN=C(NCc1ccc(-n2nc(C)cc2C)nc1)NCc1cc(F)cc(F)c1.I. The van der Waals surface area contributed by atoms with E-state index in [0.717, 1.165) is 28.8 Å². The van der Waals surface area contributed by atoms with Crippen LogP contribution in [0.3, 0.4) is 0 Å². The van der Waals surface area contributed by atoms with E-state index in [9.17, 15) is 8.78 Å². The summed E-state index contributed by atoms with van der Waals surface area (Å²) in [4.78, 5) is 8.57. The van der Waals surface area contributed by atoms with Gasteiger partial charge in [0.1, 0.15) is 11.6 Å². The van der Waals surface area contributed by atoms with Gasteiger partial charge < -0.3 is 10.6 Å². The van der Waals surface area contributed by atoms with Crippen molar-refractivity contribution in [2.45, 2.75) is 26.9 Å². The highest BCUT2D eigenvalue weighted by Gasteiger charge is 2.06. The molecule has 2 aromatic heterocycles. The summed E-state index contributed by atoms with van der Waals surface area (Å²) in [6, 6.07) is 9.27. The molecule has 0 radical (unpaired) electrons. The molecule has 2 N–H and O–H groups in total. The molecule has 9 heteroatoms. The van der Waals surface area contributed by atoms with Gasteiger partial charge in [-0.1, -0.05) is 6.07 Å². The van der Waals surface area contributed by atoms with Gasteiger partial charge in [-0.3, -0.25) is 4.99 Å². The van der Waals surface area contributed by atoms with Gasteiger partial charge in [0.25, 0.3) is 0 Å². The zero-order valence-corrected chi connectivity index (χ0v) is 18.7. The van der Waals surface area contributed by atoms with E-state index in [1.54, 1.807) is 17.9 Å². The highest BCUT2D eigenvalue weighted by atomic mass is 127. The molecule has 2 heterocycles. The van der Waals surface area contributed by atoms with Gasteiger partial charge in [-0.25, -0.2) is 18.4 Å². The lowest BCUT2D eigenvalue weighted by molar-refractivity contribution is 0.578. The van der Waals surface area contributed by atoms with Gasteiger partial charge in [0.05, 0.1) is 5.69 Å². The largest absolute Gasteiger partial charge is 0.352 e. The summed E-state index contributed by atoms with van der Waals surface area (Å²) in [5.74, 6) is 0.0688. The minimum atomic E-state index is -0.603. The van der Waals surface area contributed by atoms with Crippen molar-refractivity contribution in [3.63, 3.8) is 0 Å². The molecule has 3 rings (SSSR count). The molecular formula is C20H23F2IN6. The number of pyridine rings is 1. The Bertz CT molecular complexity index is 965. The van der Waals surface area contributed by atoms with Gasteiger partial charge in [0.2, 0.25) is 0 Å². The van der Waals surface area contributed by atoms with E-state index in [1.165, 1.54) is 12.1 Å². The van der Waals surface area contributed by atoms with Crippen LogP contribution in [0.1, 0.15) is 22.5 Å². The predicted octanol–water partition coefficient (Wildman–Crippen LogP) is 3.65. The molecule has 0 aliphatic heterocycles. The first kappa shape index (κ1) is 22.7. The second-order valence-electron chi connectivity index (χ2n) is 6.42. The average molecular weight is 512 g/mol. The summed E-state index contributed by atoms with van der Waals surface area (Å²) in [5.41, 5.74) is 3.42. The second kappa shape index (κ2) is 10.3. The van der Waals surface area contributed by atoms with E-state index in [1.807, 2.05) is 32.0 Å². The summed E-state index contributed by atoms with van der Waals surface area (Å²) in [6.45, 7) is 4.68. The standard InChI is InChI=1S/C20H22F2N6.HI/c1-13-6-14(2)28(27-13)19-5-4-15(10-24-19)11-25-20(23-3)26-12-16-7-17(21)9-18(22)8-16;/h4-10H,11-12H2,1-3H3,(H2,23,25,26);1H. The number of nitrogens with one attached hydrogen (secondary N) is 2. The highest BCUT2D eigenvalue weighted by Crippen LogP contribution is 2.10. The Morgan fingerprint density at radius 3 is 2.17 bits per heavy atom. The van der Waals surface area contributed by atoms with Gasteiger partial charge in [0.15, 0.2) is 11.8 Å². The topological polar surface area (TPSA) is 67.1 Å². The molecule has 0 aliphatic rings. The molecule has 0 unspecified atom stereocenters. The summed E-state index contributed by atoms with van der Waals surface area (Å²) >= 11 is 0. The number of hydrogen-bond acceptors (Lipinski definition) is 3. The van der Waals surface area contributed by atoms with Gasteiger partial charge >= 0.3 is 0 Å². The summed E-state index contributed by atoms with van der Waals surface area (Å²) < 4.78 is 28.3. The number of aryl methyl sites for hydroxylation is 2. The first-order valence-corrected chi connectivity index (χ1v) is 8.82. The molecule has 0 aliphatic carbocycles. The van der Waals surface area contributed by atoms with Crippen LogP contribution in [0.25, 0.3) is 5.82 Å². The third-order valence-corrected chi connectivity index (χ3v) is 4.10. The minimum Gasteiger partial charge on any atom is -0.352 e. The zero-order chi connectivity index (χ0) is 20.1. The lowest BCUT2D eigenvalue weighted by atomic mass is 10.2. The van der Waals surface area contributed by atoms with Gasteiger partial charge in [-0.2, -0.15) is 5.10 Å². The molecule has 0 spiro atoms. The maximum absolute atomic E-state index is 13.3. The number of benzene rings is 1. The zero-order valence-electron chi connectivity index (χ0n) is 16.4. The highest BCUT2D eigenvalue weighted by molar-refractivity contribution is 14.0. The Morgan fingerprint density at radius 1 is 1.00 bits per heavy atom. The molecule has 0 saturated heterocycles. The van der Waals surface area contributed by atoms with Gasteiger partial charge in [-0.15, -0.1) is 24.0 Å². The number of guanidine groups is 1. The maximum atomic E-state index is 13.3. The molecule has 0 amide bonds. The van der Waals surface area contributed by atoms with Crippen LogP contribution in [-0.2, 0) is 13.1 Å². The second-order valence-corrected chi connectivity index (χ2v) is 6.42. The van der Waals surface area contributed by atoms with E-state index in [4.69, 9.17) is 0 Å². The molecule has 3 aromatic rings. The fourth-order valence-corrected chi connectivity index (χ4v) is 2.81. The van der Waals surface area contributed by atoms with Crippen molar-refractivity contribution >= 4 is 29.9 Å². The Labute approximate surface area is 185 Å². The Hall–Kier alpha value is -2.56. The number of nitrogens with zero attached hydrogens (tertiary/aromatic N) is 4. The van der Waals surface area contributed by atoms with Crippen molar-refractivity contribution in [1.29, 1.82) is 0 Å². The average Bonchev–Trinajstić information content (AvgIpc) is 3.00. The van der Waals surface area contributed by atoms with Crippen LogP contribution in [-0.4, -0.2) is 27.8 Å². The molecule has 0 fully saturated rings. The van der Waals surface area contributed by atoms with Crippen molar-refractivity contribution in [1.82, 2.24) is 25.4 Å². The number of halogens is 3. The predicted molar refractivity (Wildman–Crippen MR) is 120 cm³/mol. The van der Waals surface area contributed by atoms with E-state index in [0.29, 0.717) is 18.1 Å². The molecule has 0 atom stereocenters. The summed E-state index contributed by atoms with van der Waals surface area (Å²) in [6.07, 6.45) is 1.77. The van der Waals surface area contributed by atoms with Crippen LogP contribution in [0.15, 0.2) is 47.6 Å². The van der Waals surface area contributed by atoms with E-state index < -0.39 is 11.6 Å². The summed E-state index contributed by atoms with van der Waals surface area (Å²) in [5, 5.41) is 10.6. The van der Waals surface area contributed by atoms with Crippen molar-refractivity contribution < 1.29 is 8.78 Å². The molecule has 0 bridgehead atoms. The van der Waals surface area contributed by atoms with Crippen LogP contribution in [0.2, 0.25) is 0 Å². The fourth-order valence-electron chi connectivity index (χ4n) is 2.81. The minimum absolute atomic E-state index is 0. The van der Waals surface area contributed by atoms with E-state index in [2.05, 4.69) is 25.7 Å². The fraction of sp³-hybridized carbons (Fsp3) is 0.250. The summed E-state index contributed by atoms with van der Waals surface area (Å²) in [7, 11) is 1.63. The Balaban J connectivity index is 0.00000300. The van der Waals surface area contributed by atoms with Crippen molar-refractivity contribution in [2.75, 3.05) is 7.05 Å². The third kappa shape index (κ3) is 6.21. The lowest BCUT2D eigenvalue weighted by Crippen LogP contribution is -2.36. The van der Waals surface area contributed by atoms with E-state index >= 15 is 0 Å². The van der Waals surface area contributed by atoms with Crippen LogP contribution < -0.4 is 10.6 Å². The Morgan fingerprint density at radius 2 is 1.66 bits per heavy atom. The number of aliphatic imine (C=N–C) groups is 1. The monoisotopic (exact) mass is 512 g/mol. The molecular weight excluding hydrogens is 489 g/mol. The quantitative estimate of drug-likeness (QED) is 0.311. The molecule has 154 valence electrons. The van der Waals surface area contributed by atoms with Gasteiger partial charge in [0, 0.05) is 38.1 Å². The molecule has 1 aromatic carbocycles. The van der Waals surface area contributed by atoms with Crippen molar-refractivity contribution in [3.8, 4) is 5.82 Å². The Kier molecular flexibility index (Phi) is 8.06. The first-order valence-electron chi connectivity index (χ1n) is 8.82. The number of aromatic nitrogens is 3. The molecule has 0 saturated carbocycles. The van der Waals surface area contributed by atoms with Crippen LogP contribution in [0.4, 0.5) is 8.78 Å². The van der Waals surface area contributed by atoms with E-state index in [-0.39, 0.29) is 30.5 Å². The van der Waals surface area contributed by atoms with Gasteiger partial charge in [-0.05, 0) is 49.2 Å². The smallest absolute Gasteiger partial charge is 0.191 e. The van der Waals surface area contributed by atoms with Crippen LogP contribution in [0.5, 0.6) is 0 Å². The van der Waals surface area contributed by atoms with Crippen molar-refractivity contribution in [3.05, 3.63) is 76.7 Å². The number of rotatable bonds is 5. The first-order chi connectivity index (χ1) is 13.4. The normalized spacial score (nSPS) is 11.1. The maximum Gasteiger partial charge on any atom is 0.191 e. The van der Waals surface area contributed by atoms with Crippen molar-refractivity contribution in [2.24, 2.45) is 4.99 Å². The number of hydrogen-bond donors (Lipinski definition) is 2.